The van der Waals surface area contributed by atoms with Crippen LogP contribution in [0.1, 0.15) is 0 Å². The summed E-state index contributed by atoms with van der Waals surface area (Å²) in [4.78, 5) is 0. The van der Waals surface area contributed by atoms with Gasteiger partial charge in [-0.2, -0.15) is 0 Å². The first-order valence-electron chi connectivity index (χ1n) is 0.698. The predicted molar refractivity (Wildman–Crippen MR) is 5.81 cm³/mol. The summed E-state index contributed by atoms with van der Waals surface area (Å²) in [7, 11) is 0. The van der Waals surface area contributed by atoms with E-state index in [2.05, 4.69) is 0 Å². The first-order valence-corrected chi connectivity index (χ1v) is 2.88. The Kier molecular flexibility index (Phi) is 6.38. The van der Waals surface area contributed by atoms with E-state index in [1.54, 1.807) is 0 Å². The van der Waals surface area contributed by atoms with Gasteiger partial charge in [-0.3, -0.25) is 0 Å². The Bertz CT molecular complexity index is 90.7. The van der Waals surface area contributed by atoms with Crippen LogP contribution in [0.5, 0.6) is 0 Å². The van der Waals surface area contributed by atoms with Gasteiger partial charge >= 0.3 is 29.5 Å². The molecule has 0 rings (SSSR count). The van der Waals surface area contributed by atoms with E-state index in [-0.39, 0.29) is 49.4 Å². The molecule has 6 heteroatoms. The molecule has 0 atom stereocenters. The second-order valence-electron chi connectivity index (χ2n) is 0.448. The van der Waals surface area contributed by atoms with Crippen LogP contribution in [0.15, 0.2) is 0 Å². The molecule has 2 N–H and O–H groups in total. The van der Waals surface area contributed by atoms with Gasteiger partial charge in [0.15, 0.2) is 0 Å². The van der Waals surface area contributed by atoms with Crippen LogP contribution in [0.3, 0.4) is 0 Å². The Balaban J connectivity index is 0. The van der Waals surface area contributed by atoms with E-state index in [9.17, 15) is 0 Å². The summed E-state index contributed by atoms with van der Waals surface area (Å²) in [6.45, 7) is 0. The van der Waals surface area contributed by atoms with Crippen molar-refractivity contribution in [3.63, 3.8) is 0 Å². The molecule has 4 nitrogen and oxygen atoms in total. The van der Waals surface area contributed by atoms with Crippen LogP contribution >= 0.6 is 0 Å². The third-order valence-electron chi connectivity index (χ3n) is 0. The third-order valence-corrected chi connectivity index (χ3v) is 0. The molecule has 0 bridgehead atoms. The quantitative estimate of drug-likeness (QED) is 0.570. The molecule has 0 aromatic carbocycles. The van der Waals surface area contributed by atoms with Gasteiger partial charge in [-0.05, 0) is 0 Å². The molecule has 0 aromatic rings. The number of hydrogen-bond acceptors (Lipinski definition) is 2. The molecule has 39 valence electrons. The average Bonchev–Trinajstić information content (AvgIpc) is 0.722. The Morgan fingerprint density at radius 3 is 1.17 bits per heavy atom. The molecule has 0 spiro atoms. The molecule has 0 heterocycles. The topological polar surface area (TPSA) is 74.6 Å². The monoisotopic (exact) mass is 271 g/mol. The van der Waals surface area contributed by atoms with Crippen LogP contribution in [0.25, 0.3) is 0 Å². The molecule has 0 saturated heterocycles. The summed E-state index contributed by atoms with van der Waals surface area (Å²) in [5.74, 6) is 0. The van der Waals surface area contributed by atoms with E-state index in [4.69, 9.17) is 15.9 Å². The van der Waals surface area contributed by atoms with Gasteiger partial charge in [-0.25, -0.2) is 0 Å². The Hall–Kier alpha value is 1.64. The fourth-order valence-corrected chi connectivity index (χ4v) is 0. The molecule has 0 amide bonds. The van der Waals surface area contributed by atoms with Gasteiger partial charge in [0.05, 0.1) is 0 Å². The SMILES string of the molecule is [Eu].[O]=[Cr](=[O])([OH])[OH]. The van der Waals surface area contributed by atoms with Crippen molar-refractivity contribution in [1.29, 1.82) is 0 Å². The van der Waals surface area contributed by atoms with E-state index in [1.165, 1.54) is 0 Å². The summed E-state index contributed by atoms with van der Waals surface area (Å²) < 4.78 is 31.9. The number of hydrogen-bond donors (Lipinski definition) is 2. The summed E-state index contributed by atoms with van der Waals surface area (Å²) in [5, 5.41) is 0. The summed E-state index contributed by atoms with van der Waals surface area (Å²) in [6.07, 6.45) is 0. The zero-order chi connectivity index (χ0) is 4.50. The maximum atomic E-state index is 8.82. The molecule has 0 saturated carbocycles. The maximum absolute atomic E-state index is 8.82. The van der Waals surface area contributed by atoms with E-state index >= 15 is 0 Å². The predicted octanol–water partition coefficient (Wildman–Crippen LogP) is -1.35. The van der Waals surface area contributed by atoms with Crippen LogP contribution in [-0.2, 0) is 21.2 Å². The molecular weight excluding hydrogens is 268 g/mol. The van der Waals surface area contributed by atoms with Gasteiger partial charge < -0.3 is 0 Å². The van der Waals surface area contributed by atoms with Crippen molar-refractivity contribution in [2.45, 2.75) is 0 Å². The Morgan fingerprint density at radius 2 is 1.17 bits per heavy atom. The second-order valence-corrected chi connectivity index (χ2v) is 1.85. The van der Waals surface area contributed by atoms with Crippen molar-refractivity contribution in [3.8, 4) is 0 Å². The molecular formula is H2CrEuO4. The van der Waals surface area contributed by atoms with E-state index in [1.807, 2.05) is 0 Å². The molecule has 0 unspecified atom stereocenters. The normalized spacial score (nSPS) is 9.67. The molecule has 0 aliphatic rings. The van der Waals surface area contributed by atoms with Crippen molar-refractivity contribution in [3.05, 3.63) is 0 Å². The minimum atomic E-state index is -5.25. The van der Waals surface area contributed by atoms with Crippen molar-refractivity contribution < 1.29 is 78.9 Å². The molecule has 0 aliphatic heterocycles. The van der Waals surface area contributed by atoms with Crippen LogP contribution in [0, 0.1) is 49.4 Å². The van der Waals surface area contributed by atoms with Gasteiger partial charge in [-0.1, -0.05) is 0 Å². The van der Waals surface area contributed by atoms with Gasteiger partial charge in [0, 0.05) is 49.4 Å². The van der Waals surface area contributed by atoms with Gasteiger partial charge in [0.2, 0.25) is 0 Å². The molecule has 0 aromatic heterocycles. The molecule has 6 heavy (non-hydrogen) atoms. The minimum absolute atomic E-state index is 0. The fraction of sp³-hybridized carbons (Fsp3) is 0. The van der Waals surface area contributed by atoms with Gasteiger partial charge in [0.25, 0.3) is 0 Å². The fourth-order valence-electron chi connectivity index (χ4n) is 0. The van der Waals surface area contributed by atoms with Crippen LogP contribution < -0.4 is 0 Å². The standard InChI is InChI=1S/Cr.Eu.2H2O.2O/h;;2*1H2;;/q+2;;;;;/p-2. The molecule has 0 aliphatic carbocycles. The van der Waals surface area contributed by atoms with Crippen LogP contribution in [0.2, 0.25) is 0 Å². The first-order chi connectivity index (χ1) is 2.00. The van der Waals surface area contributed by atoms with E-state index in [0.717, 1.165) is 0 Å². The Morgan fingerprint density at radius 1 is 1.17 bits per heavy atom. The van der Waals surface area contributed by atoms with Crippen molar-refractivity contribution >= 4 is 0 Å². The Labute approximate surface area is 77.5 Å². The number of rotatable bonds is 0. The molecule has 0 fully saturated rings. The zero-order valence-corrected chi connectivity index (χ0v) is 6.20. The van der Waals surface area contributed by atoms with E-state index in [0.29, 0.717) is 0 Å². The van der Waals surface area contributed by atoms with Crippen molar-refractivity contribution in [2.24, 2.45) is 0 Å². The van der Waals surface area contributed by atoms with Crippen LogP contribution in [-0.4, -0.2) is 8.32 Å². The van der Waals surface area contributed by atoms with Crippen molar-refractivity contribution in [1.82, 2.24) is 0 Å². The molecule has 1 radical (unpaired) electrons. The second kappa shape index (κ2) is 3.62. The summed E-state index contributed by atoms with van der Waals surface area (Å²) in [5.41, 5.74) is 0. The summed E-state index contributed by atoms with van der Waals surface area (Å²) in [6, 6.07) is 0. The van der Waals surface area contributed by atoms with E-state index < -0.39 is 13.6 Å². The van der Waals surface area contributed by atoms with Crippen molar-refractivity contribution in [2.75, 3.05) is 0 Å². The third kappa shape index (κ3) is 45.2. The van der Waals surface area contributed by atoms with Crippen LogP contribution in [0.4, 0.5) is 0 Å². The average molecular weight is 270 g/mol. The summed E-state index contributed by atoms with van der Waals surface area (Å²) >= 11 is -5.25. The van der Waals surface area contributed by atoms with Gasteiger partial charge in [0.1, 0.15) is 0 Å². The zero-order valence-electron chi connectivity index (χ0n) is 2.50. The first kappa shape index (κ1) is 10.6. The van der Waals surface area contributed by atoms with Gasteiger partial charge in [-0.15, -0.1) is 0 Å².